The van der Waals surface area contributed by atoms with Gasteiger partial charge in [0.25, 0.3) is 0 Å². The van der Waals surface area contributed by atoms with Crippen LogP contribution in [0.2, 0.25) is 0 Å². The molecular weight excluding hydrogens is 277 g/mol. The van der Waals surface area contributed by atoms with Gasteiger partial charge < -0.3 is 5.32 Å². The minimum absolute atomic E-state index is 0.0543. The van der Waals surface area contributed by atoms with Crippen LogP contribution in [0.25, 0.3) is 0 Å². The summed E-state index contributed by atoms with van der Waals surface area (Å²) in [5.74, 6) is 0.456. The molecule has 0 aromatic heterocycles. The molecule has 1 saturated carbocycles. The molecule has 1 aliphatic heterocycles. The highest BCUT2D eigenvalue weighted by molar-refractivity contribution is 5.16. The molecule has 0 spiro atoms. The van der Waals surface area contributed by atoms with Gasteiger partial charge in [-0.05, 0) is 30.7 Å². The molecule has 2 atom stereocenters. The highest BCUT2D eigenvalue weighted by Gasteiger charge is 2.42. The van der Waals surface area contributed by atoms with E-state index in [1.807, 2.05) is 30.3 Å². The van der Waals surface area contributed by atoms with E-state index < -0.39 is 12.7 Å². The van der Waals surface area contributed by atoms with Crippen LogP contribution in [0, 0.1) is 5.92 Å². The van der Waals surface area contributed by atoms with Gasteiger partial charge in [-0.1, -0.05) is 30.3 Å². The molecule has 5 heteroatoms. The summed E-state index contributed by atoms with van der Waals surface area (Å²) < 4.78 is 38.4. The third-order valence-corrected chi connectivity index (χ3v) is 4.41. The minimum Gasteiger partial charge on any atom is -0.311 e. The maximum Gasteiger partial charge on any atom is 0.401 e. The van der Waals surface area contributed by atoms with E-state index in [2.05, 4.69) is 5.32 Å². The summed E-state index contributed by atoms with van der Waals surface area (Å²) in [7, 11) is 0. The molecule has 2 fully saturated rings. The van der Waals surface area contributed by atoms with Gasteiger partial charge >= 0.3 is 6.18 Å². The zero-order valence-electron chi connectivity index (χ0n) is 11.9. The maximum atomic E-state index is 12.8. The van der Waals surface area contributed by atoms with E-state index in [4.69, 9.17) is 0 Å². The first-order chi connectivity index (χ1) is 10.0. The summed E-state index contributed by atoms with van der Waals surface area (Å²) in [6.45, 7) is 0.384. The highest BCUT2D eigenvalue weighted by atomic mass is 19.4. The largest absolute Gasteiger partial charge is 0.401 e. The van der Waals surface area contributed by atoms with Crippen molar-refractivity contribution in [1.82, 2.24) is 10.2 Å². The van der Waals surface area contributed by atoms with Gasteiger partial charge in [0.05, 0.1) is 6.54 Å². The fourth-order valence-electron chi connectivity index (χ4n) is 3.29. The predicted molar refractivity (Wildman–Crippen MR) is 76.1 cm³/mol. The third-order valence-electron chi connectivity index (χ3n) is 4.41. The Balaban J connectivity index is 1.63. The first kappa shape index (κ1) is 14.9. The van der Waals surface area contributed by atoms with Crippen molar-refractivity contribution in [3.63, 3.8) is 0 Å². The number of alkyl halides is 3. The van der Waals surface area contributed by atoms with Crippen LogP contribution in [0.3, 0.4) is 0 Å². The summed E-state index contributed by atoms with van der Waals surface area (Å²) in [6.07, 6.45) is -1.18. The average molecular weight is 298 g/mol. The van der Waals surface area contributed by atoms with E-state index in [1.54, 1.807) is 4.90 Å². The lowest BCUT2D eigenvalue weighted by atomic mass is 9.99. The Labute approximate surface area is 123 Å². The fraction of sp³-hybridized carbons (Fsp3) is 0.625. The second-order valence-electron chi connectivity index (χ2n) is 6.24. The molecule has 1 aromatic carbocycles. The number of rotatable bonds is 4. The lowest BCUT2D eigenvalue weighted by Gasteiger charge is -2.41. The number of hydrogen-bond donors (Lipinski definition) is 1. The molecule has 2 unspecified atom stereocenters. The maximum absolute atomic E-state index is 12.8. The molecule has 1 heterocycles. The number of hydrogen-bond acceptors (Lipinski definition) is 2. The summed E-state index contributed by atoms with van der Waals surface area (Å²) in [5.41, 5.74) is 1.17. The standard InChI is InChI=1S/C16H21F3N2/c17-16(18,19)11-21-10-14(8-12-4-2-1-3-5-12)20-9-15(21)13-6-7-13/h1-5,13-15,20H,6-11H2. The van der Waals surface area contributed by atoms with E-state index in [0.29, 0.717) is 19.0 Å². The van der Waals surface area contributed by atoms with Crippen molar-refractivity contribution in [1.29, 1.82) is 0 Å². The minimum atomic E-state index is -4.11. The molecule has 0 radical (unpaired) electrons. The van der Waals surface area contributed by atoms with Crippen LogP contribution in [0.5, 0.6) is 0 Å². The van der Waals surface area contributed by atoms with Crippen LogP contribution in [0.1, 0.15) is 18.4 Å². The van der Waals surface area contributed by atoms with E-state index in [9.17, 15) is 13.2 Å². The Morgan fingerprint density at radius 3 is 2.48 bits per heavy atom. The molecule has 0 amide bonds. The normalized spacial score (nSPS) is 27.8. The average Bonchev–Trinajstić information content (AvgIpc) is 3.23. The zero-order valence-corrected chi connectivity index (χ0v) is 11.9. The van der Waals surface area contributed by atoms with Gasteiger partial charge in [-0.25, -0.2) is 0 Å². The van der Waals surface area contributed by atoms with Crippen LogP contribution >= 0.6 is 0 Å². The number of piperazine rings is 1. The Morgan fingerprint density at radius 1 is 1.14 bits per heavy atom. The molecule has 1 aliphatic carbocycles. The van der Waals surface area contributed by atoms with Crippen LogP contribution in [0.4, 0.5) is 13.2 Å². The summed E-state index contributed by atoms with van der Waals surface area (Å²) >= 11 is 0. The molecule has 21 heavy (non-hydrogen) atoms. The van der Waals surface area contributed by atoms with Crippen molar-refractivity contribution >= 4 is 0 Å². The van der Waals surface area contributed by atoms with E-state index in [-0.39, 0.29) is 12.1 Å². The van der Waals surface area contributed by atoms with Crippen molar-refractivity contribution < 1.29 is 13.2 Å². The van der Waals surface area contributed by atoms with E-state index in [1.165, 1.54) is 5.56 Å². The molecule has 2 nitrogen and oxygen atoms in total. The van der Waals surface area contributed by atoms with Crippen molar-refractivity contribution in [3.8, 4) is 0 Å². The summed E-state index contributed by atoms with van der Waals surface area (Å²) in [6, 6.07) is 10.1. The van der Waals surface area contributed by atoms with Gasteiger partial charge in [-0.3, -0.25) is 4.90 Å². The predicted octanol–water partition coefficient (Wildman–Crippen LogP) is 2.84. The highest BCUT2D eigenvalue weighted by Crippen LogP contribution is 2.37. The van der Waals surface area contributed by atoms with E-state index >= 15 is 0 Å². The number of halogens is 3. The quantitative estimate of drug-likeness (QED) is 0.919. The van der Waals surface area contributed by atoms with Crippen molar-refractivity contribution in [2.75, 3.05) is 19.6 Å². The topological polar surface area (TPSA) is 15.3 Å². The fourth-order valence-corrected chi connectivity index (χ4v) is 3.29. The molecule has 2 aliphatic rings. The summed E-state index contributed by atoms with van der Waals surface area (Å²) in [4.78, 5) is 1.65. The summed E-state index contributed by atoms with van der Waals surface area (Å²) in [5, 5.41) is 3.45. The number of nitrogens with one attached hydrogen (secondary N) is 1. The van der Waals surface area contributed by atoms with Gasteiger partial charge in [-0.2, -0.15) is 13.2 Å². The Kier molecular flexibility index (Phi) is 4.22. The zero-order chi connectivity index (χ0) is 14.9. The second-order valence-corrected chi connectivity index (χ2v) is 6.24. The van der Waals surface area contributed by atoms with Gasteiger partial charge in [0.1, 0.15) is 0 Å². The molecule has 116 valence electrons. The number of benzene rings is 1. The van der Waals surface area contributed by atoms with Crippen LogP contribution in [-0.4, -0.2) is 42.8 Å². The third kappa shape index (κ3) is 4.20. The lowest BCUT2D eigenvalue weighted by Crippen LogP contribution is -2.59. The van der Waals surface area contributed by atoms with Crippen molar-refractivity contribution in [3.05, 3.63) is 35.9 Å². The smallest absolute Gasteiger partial charge is 0.311 e. The van der Waals surface area contributed by atoms with Crippen molar-refractivity contribution in [2.45, 2.75) is 37.5 Å². The molecule has 1 N–H and O–H groups in total. The molecule has 3 rings (SSSR count). The first-order valence-corrected chi connectivity index (χ1v) is 7.59. The number of nitrogens with zero attached hydrogens (tertiary/aromatic N) is 1. The molecular formula is C16H21F3N2. The van der Waals surface area contributed by atoms with Gasteiger partial charge in [0.2, 0.25) is 0 Å². The first-order valence-electron chi connectivity index (χ1n) is 7.59. The lowest BCUT2D eigenvalue weighted by molar-refractivity contribution is -0.155. The van der Waals surface area contributed by atoms with Crippen LogP contribution in [0.15, 0.2) is 30.3 Å². The molecule has 1 aromatic rings. The SMILES string of the molecule is FC(F)(F)CN1CC(Cc2ccccc2)NCC1C1CC1. The van der Waals surface area contributed by atoms with Crippen LogP contribution < -0.4 is 5.32 Å². The Hall–Kier alpha value is -1.07. The van der Waals surface area contributed by atoms with Gasteiger partial charge in [0.15, 0.2) is 0 Å². The Bertz CT molecular complexity index is 456. The van der Waals surface area contributed by atoms with Crippen molar-refractivity contribution in [2.24, 2.45) is 5.92 Å². The monoisotopic (exact) mass is 298 g/mol. The molecule has 0 bridgehead atoms. The second kappa shape index (κ2) is 5.97. The molecule has 1 saturated heterocycles. The van der Waals surface area contributed by atoms with Gasteiger partial charge in [0, 0.05) is 25.2 Å². The van der Waals surface area contributed by atoms with Crippen LogP contribution in [-0.2, 0) is 6.42 Å². The Morgan fingerprint density at radius 2 is 1.86 bits per heavy atom. The van der Waals surface area contributed by atoms with Gasteiger partial charge in [-0.15, -0.1) is 0 Å². The van der Waals surface area contributed by atoms with E-state index in [0.717, 1.165) is 19.3 Å².